The second-order valence-electron chi connectivity index (χ2n) is 4.99. The van der Waals surface area contributed by atoms with Crippen LogP contribution in [0.2, 0.25) is 0 Å². The number of amides is 1. The number of hydrogen-bond acceptors (Lipinski definition) is 4. The van der Waals surface area contributed by atoms with Crippen LogP contribution in [0.15, 0.2) is 36.4 Å². The molecule has 2 N–H and O–H groups in total. The highest BCUT2D eigenvalue weighted by molar-refractivity contribution is 7.88. The molecule has 0 bridgehead atoms. The van der Waals surface area contributed by atoms with Gasteiger partial charge in [-0.3, -0.25) is 4.79 Å². The van der Waals surface area contributed by atoms with Gasteiger partial charge in [-0.1, -0.05) is 12.1 Å². The summed E-state index contributed by atoms with van der Waals surface area (Å²) in [5, 5.41) is 2.77. The second-order valence-corrected chi connectivity index (χ2v) is 7.99. The molecule has 0 spiro atoms. The van der Waals surface area contributed by atoms with E-state index in [1.54, 1.807) is 24.3 Å². The number of halogens is 1. The van der Waals surface area contributed by atoms with E-state index in [0.29, 0.717) is 24.4 Å². The van der Waals surface area contributed by atoms with Gasteiger partial charge < -0.3 is 5.32 Å². The Morgan fingerprint density at radius 2 is 1.87 bits per heavy atom. The Morgan fingerprint density at radius 3 is 2.52 bits per heavy atom. The third-order valence-corrected chi connectivity index (χ3v) is 4.86. The molecule has 0 saturated carbocycles. The van der Waals surface area contributed by atoms with Crippen LogP contribution in [-0.4, -0.2) is 27.1 Å². The van der Waals surface area contributed by atoms with E-state index >= 15 is 0 Å². The number of thiophene rings is 1. The summed E-state index contributed by atoms with van der Waals surface area (Å²) in [4.78, 5) is 13.5. The number of sulfonamides is 1. The van der Waals surface area contributed by atoms with Crippen LogP contribution in [0.4, 0.5) is 4.39 Å². The van der Waals surface area contributed by atoms with Crippen molar-refractivity contribution in [3.63, 3.8) is 0 Å². The first-order valence-corrected chi connectivity index (χ1v) is 9.60. The van der Waals surface area contributed by atoms with Gasteiger partial charge in [-0.05, 0) is 36.2 Å². The normalized spacial score (nSPS) is 11.4. The maximum absolute atomic E-state index is 12.8. The molecule has 8 heteroatoms. The van der Waals surface area contributed by atoms with Gasteiger partial charge >= 0.3 is 0 Å². The maximum Gasteiger partial charge on any atom is 0.261 e. The Labute approximate surface area is 138 Å². The lowest BCUT2D eigenvalue weighted by Gasteiger charge is -2.03. The molecule has 0 unspecified atom stereocenters. The van der Waals surface area contributed by atoms with E-state index in [-0.39, 0.29) is 11.7 Å². The molecule has 1 aromatic heterocycles. The SMILES string of the molecule is CS(=O)(=O)NCCc1ccc(C(=O)NCc2ccc(F)cc2)s1. The number of hydrogen-bond donors (Lipinski definition) is 2. The average molecular weight is 356 g/mol. The fraction of sp³-hybridized carbons (Fsp3) is 0.267. The van der Waals surface area contributed by atoms with Gasteiger partial charge in [0.25, 0.3) is 5.91 Å². The molecule has 1 amide bonds. The van der Waals surface area contributed by atoms with E-state index in [2.05, 4.69) is 10.0 Å². The largest absolute Gasteiger partial charge is 0.347 e. The molecule has 0 atom stereocenters. The topological polar surface area (TPSA) is 75.3 Å². The van der Waals surface area contributed by atoms with Crippen LogP contribution in [0.25, 0.3) is 0 Å². The van der Waals surface area contributed by atoms with Crippen molar-refractivity contribution in [2.75, 3.05) is 12.8 Å². The van der Waals surface area contributed by atoms with Crippen molar-refractivity contribution in [3.8, 4) is 0 Å². The smallest absolute Gasteiger partial charge is 0.261 e. The predicted molar refractivity (Wildman–Crippen MR) is 88.4 cm³/mol. The highest BCUT2D eigenvalue weighted by Gasteiger charge is 2.09. The van der Waals surface area contributed by atoms with Crippen LogP contribution in [0, 0.1) is 5.82 Å². The molecule has 0 aliphatic carbocycles. The molecule has 124 valence electrons. The van der Waals surface area contributed by atoms with E-state index in [1.165, 1.54) is 23.5 Å². The molecular weight excluding hydrogens is 339 g/mol. The minimum atomic E-state index is -3.20. The summed E-state index contributed by atoms with van der Waals surface area (Å²) in [7, 11) is -3.20. The zero-order valence-corrected chi connectivity index (χ0v) is 14.1. The zero-order valence-electron chi connectivity index (χ0n) is 12.5. The fourth-order valence-electron chi connectivity index (χ4n) is 1.87. The van der Waals surface area contributed by atoms with Gasteiger partial charge in [-0.15, -0.1) is 11.3 Å². The first-order chi connectivity index (χ1) is 10.8. The van der Waals surface area contributed by atoms with Gasteiger partial charge in [0, 0.05) is 18.0 Å². The molecule has 0 saturated heterocycles. The van der Waals surface area contributed by atoms with Gasteiger partial charge in [0.1, 0.15) is 5.82 Å². The highest BCUT2D eigenvalue weighted by Crippen LogP contribution is 2.17. The Kier molecular flexibility index (Phi) is 5.86. The van der Waals surface area contributed by atoms with Crippen molar-refractivity contribution in [1.82, 2.24) is 10.0 Å². The molecule has 0 radical (unpaired) electrons. The van der Waals surface area contributed by atoms with E-state index in [1.807, 2.05) is 0 Å². The lowest BCUT2D eigenvalue weighted by Crippen LogP contribution is -2.24. The maximum atomic E-state index is 12.8. The summed E-state index contributed by atoms with van der Waals surface area (Å²) >= 11 is 1.32. The first-order valence-electron chi connectivity index (χ1n) is 6.89. The van der Waals surface area contributed by atoms with Gasteiger partial charge in [0.05, 0.1) is 11.1 Å². The third-order valence-electron chi connectivity index (χ3n) is 2.99. The Hall–Kier alpha value is -1.77. The number of rotatable bonds is 7. The molecular formula is C15H17FN2O3S2. The van der Waals surface area contributed by atoms with Gasteiger partial charge in [0.2, 0.25) is 10.0 Å². The summed E-state index contributed by atoms with van der Waals surface area (Å²) in [5.41, 5.74) is 0.814. The van der Waals surface area contributed by atoms with Crippen molar-refractivity contribution in [1.29, 1.82) is 0 Å². The van der Waals surface area contributed by atoms with Crippen molar-refractivity contribution in [2.24, 2.45) is 0 Å². The monoisotopic (exact) mass is 356 g/mol. The van der Waals surface area contributed by atoms with Gasteiger partial charge in [-0.25, -0.2) is 17.5 Å². The average Bonchev–Trinajstić information content (AvgIpc) is 2.94. The zero-order chi connectivity index (χ0) is 16.9. The van der Waals surface area contributed by atoms with Crippen molar-refractivity contribution in [3.05, 3.63) is 57.5 Å². The summed E-state index contributed by atoms with van der Waals surface area (Å²) in [6, 6.07) is 9.44. The lowest BCUT2D eigenvalue weighted by molar-refractivity contribution is 0.0955. The van der Waals surface area contributed by atoms with Crippen molar-refractivity contribution < 1.29 is 17.6 Å². The highest BCUT2D eigenvalue weighted by atomic mass is 32.2. The van der Waals surface area contributed by atoms with Crippen LogP contribution in [0.3, 0.4) is 0 Å². The molecule has 0 fully saturated rings. The minimum Gasteiger partial charge on any atom is -0.347 e. The molecule has 0 aliphatic rings. The van der Waals surface area contributed by atoms with E-state index in [4.69, 9.17) is 0 Å². The number of carbonyl (C=O) groups is 1. The summed E-state index contributed by atoms with van der Waals surface area (Å²) in [6.07, 6.45) is 1.64. The molecule has 23 heavy (non-hydrogen) atoms. The van der Waals surface area contributed by atoms with E-state index < -0.39 is 10.0 Å². The van der Waals surface area contributed by atoms with Crippen molar-refractivity contribution in [2.45, 2.75) is 13.0 Å². The van der Waals surface area contributed by atoms with E-state index in [0.717, 1.165) is 16.7 Å². The first kappa shape index (κ1) is 17.6. The molecule has 1 heterocycles. The number of nitrogens with one attached hydrogen (secondary N) is 2. The van der Waals surface area contributed by atoms with Crippen LogP contribution in [0.1, 0.15) is 20.1 Å². The molecule has 1 aromatic carbocycles. The number of carbonyl (C=O) groups excluding carboxylic acids is 1. The second kappa shape index (κ2) is 7.67. The van der Waals surface area contributed by atoms with E-state index in [9.17, 15) is 17.6 Å². The van der Waals surface area contributed by atoms with Gasteiger partial charge in [0.15, 0.2) is 0 Å². The van der Waals surface area contributed by atoms with Crippen LogP contribution in [-0.2, 0) is 23.0 Å². The van der Waals surface area contributed by atoms with Gasteiger partial charge in [-0.2, -0.15) is 0 Å². The molecule has 0 aliphatic heterocycles. The Morgan fingerprint density at radius 1 is 1.17 bits per heavy atom. The van der Waals surface area contributed by atoms with Crippen LogP contribution in [0.5, 0.6) is 0 Å². The molecule has 5 nitrogen and oxygen atoms in total. The quantitative estimate of drug-likeness (QED) is 0.796. The summed E-state index contributed by atoms with van der Waals surface area (Å²) in [6.45, 7) is 0.623. The molecule has 2 rings (SSSR count). The lowest BCUT2D eigenvalue weighted by atomic mass is 10.2. The summed E-state index contributed by atoms with van der Waals surface area (Å²) < 4.78 is 37.2. The number of benzene rings is 1. The predicted octanol–water partition coefficient (Wildman–Crippen LogP) is 1.91. The minimum absolute atomic E-state index is 0.207. The van der Waals surface area contributed by atoms with Crippen molar-refractivity contribution >= 4 is 27.3 Å². The third kappa shape index (κ3) is 6.09. The summed E-state index contributed by atoms with van der Waals surface area (Å²) in [5.74, 6) is -0.521. The van der Waals surface area contributed by atoms with Crippen LogP contribution >= 0.6 is 11.3 Å². The molecule has 2 aromatic rings. The van der Waals surface area contributed by atoms with Crippen LogP contribution < -0.4 is 10.0 Å². The Balaban J connectivity index is 1.84. The Bertz CT molecular complexity index is 770. The fourth-order valence-corrected chi connectivity index (χ4v) is 3.26. The standard InChI is InChI=1S/C15H17FN2O3S2/c1-23(20,21)18-9-8-13-6-7-14(22-13)15(19)17-10-11-2-4-12(16)5-3-11/h2-7,18H,8-10H2,1H3,(H,17,19).